The Labute approximate surface area is 166 Å². The van der Waals surface area contributed by atoms with E-state index in [-0.39, 0.29) is 0 Å². The summed E-state index contributed by atoms with van der Waals surface area (Å²) in [6.07, 6.45) is -15.9. The highest BCUT2D eigenvalue weighted by Gasteiger charge is 2.50. The molecule has 0 aromatic heterocycles. The summed E-state index contributed by atoms with van der Waals surface area (Å²) in [6.45, 7) is 2.12. The van der Waals surface area contributed by atoms with Gasteiger partial charge in [-0.15, -0.1) is 0 Å². The minimum absolute atomic E-state index is 0.684. The van der Waals surface area contributed by atoms with E-state index >= 15 is 0 Å². The SMILES string of the molecule is C[C@@H]1O[C@@H](O[C@H](C)[C@H](N)C(=O)O)[C@@H](O)[C@H](O[C@@H]2O[C@H](CO)[C@@H](O)[C@H](O)[C@H]2O)[C@@H]1O. The highest BCUT2D eigenvalue weighted by molar-refractivity contribution is 5.73. The van der Waals surface area contributed by atoms with Crippen molar-refractivity contribution in [3.8, 4) is 0 Å². The number of aliphatic hydroxyl groups is 6. The van der Waals surface area contributed by atoms with Gasteiger partial charge in [0.05, 0.1) is 18.8 Å². The first-order chi connectivity index (χ1) is 13.5. The van der Waals surface area contributed by atoms with E-state index in [1.165, 1.54) is 13.8 Å². The molecule has 2 aliphatic heterocycles. The van der Waals surface area contributed by atoms with Gasteiger partial charge in [0, 0.05) is 0 Å². The van der Waals surface area contributed by atoms with Gasteiger partial charge >= 0.3 is 5.97 Å². The third-order valence-corrected chi connectivity index (χ3v) is 5.06. The Morgan fingerprint density at radius 1 is 1.00 bits per heavy atom. The number of hydrogen-bond acceptors (Lipinski definition) is 12. The normalized spacial score (nSPS) is 45.6. The van der Waals surface area contributed by atoms with Crippen molar-refractivity contribution in [2.45, 2.75) is 87.4 Å². The molecule has 0 bridgehead atoms. The van der Waals surface area contributed by atoms with Gasteiger partial charge in [0.2, 0.25) is 0 Å². The van der Waals surface area contributed by atoms with Gasteiger partial charge in [-0.3, -0.25) is 4.79 Å². The maximum absolute atomic E-state index is 11.0. The van der Waals surface area contributed by atoms with Crippen LogP contribution in [0.1, 0.15) is 13.8 Å². The molecule has 12 atom stereocenters. The summed E-state index contributed by atoms with van der Waals surface area (Å²) in [5.74, 6) is -1.33. The van der Waals surface area contributed by atoms with Gasteiger partial charge in [0.1, 0.15) is 48.8 Å². The molecular weight excluding hydrogens is 398 g/mol. The van der Waals surface area contributed by atoms with E-state index in [0.717, 1.165) is 0 Å². The highest BCUT2D eigenvalue weighted by atomic mass is 16.7. The molecule has 0 aromatic carbocycles. The predicted molar refractivity (Wildman–Crippen MR) is 91.1 cm³/mol. The Morgan fingerprint density at radius 2 is 1.62 bits per heavy atom. The Hall–Kier alpha value is -0.970. The maximum atomic E-state index is 11.0. The standard InChI is InChI=1S/C16H29NO12/c1-4(7(17)14(24)25)26-16-12(23)13(8(19)5(2)27-16)29-15-11(22)10(21)9(20)6(3-18)28-15/h4-13,15-16,18-23H,3,17H2,1-2H3,(H,24,25)/t4-,5+,6-,7+,8-,9-,10+,11-,12+,13-,15+,16-/m1/s1. The average Bonchev–Trinajstić information content (AvgIpc) is 2.68. The summed E-state index contributed by atoms with van der Waals surface area (Å²) in [5.41, 5.74) is 5.48. The summed E-state index contributed by atoms with van der Waals surface area (Å²) >= 11 is 0. The van der Waals surface area contributed by atoms with Crippen LogP contribution in [-0.4, -0.2) is 122 Å². The van der Waals surface area contributed by atoms with Crippen LogP contribution in [0.3, 0.4) is 0 Å². The topological polar surface area (TPSA) is 222 Å². The second kappa shape index (κ2) is 9.89. The summed E-state index contributed by atoms with van der Waals surface area (Å²) in [7, 11) is 0. The molecule has 0 saturated carbocycles. The number of carboxylic acids is 1. The van der Waals surface area contributed by atoms with Gasteiger partial charge in [-0.05, 0) is 13.8 Å². The molecule has 2 saturated heterocycles. The van der Waals surface area contributed by atoms with Gasteiger partial charge in [0.25, 0.3) is 0 Å². The Bertz CT molecular complexity index is 550. The van der Waals surface area contributed by atoms with E-state index in [1.54, 1.807) is 0 Å². The van der Waals surface area contributed by atoms with Crippen LogP contribution < -0.4 is 5.73 Å². The molecule has 9 N–H and O–H groups in total. The molecule has 0 aliphatic carbocycles. The second-order valence-electron chi connectivity index (χ2n) is 7.19. The molecule has 0 aromatic rings. The van der Waals surface area contributed by atoms with Gasteiger partial charge in [-0.25, -0.2) is 0 Å². The summed E-state index contributed by atoms with van der Waals surface area (Å²) in [5, 5.41) is 68.8. The molecule has 0 unspecified atom stereocenters. The van der Waals surface area contributed by atoms with Crippen molar-refractivity contribution in [2.75, 3.05) is 6.61 Å². The quantitative estimate of drug-likeness (QED) is 0.192. The molecule has 13 heteroatoms. The van der Waals surface area contributed by atoms with Crippen molar-refractivity contribution < 1.29 is 59.5 Å². The molecule has 0 amide bonds. The Morgan fingerprint density at radius 3 is 2.17 bits per heavy atom. The lowest BCUT2D eigenvalue weighted by Crippen LogP contribution is -2.64. The lowest BCUT2D eigenvalue weighted by atomic mass is 9.97. The molecule has 2 aliphatic rings. The summed E-state index contributed by atoms with van der Waals surface area (Å²) in [6, 6.07) is -1.40. The lowest BCUT2D eigenvalue weighted by molar-refractivity contribution is -0.360. The van der Waals surface area contributed by atoms with E-state index < -0.39 is 86.1 Å². The molecule has 170 valence electrons. The summed E-state index contributed by atoms with van der Waals surface area (Å²) in [4.78, 5) is 11.0. The molecule has 13 nitrogen and oxygen atoms in total. The van der Waals surface area contributed by atoms with Crippen LogP contribution in [0.25, 0.3) is 0 Å². The van der Waals surface area contributed by atoms with Crippen molar-refractivity contribution in [1.29, 1.82) is 0 Å². The average molecular weight is 427 g/mol. The molecular formula is C16H29NO12. The van der Waals surface area contributed by atoms with Crippen molar-refractivity contribution in [1.82, 2.24) is 0 Å². The first-order valence-corrected chi connectivity index (χ1v) is 9.11. The van der Waals surface area contributed by atoms with Gasteiger partial charge in [-0.2, -0.15) is 0 Å². The highest BCUT2D eigenvalue weighted by Crippen LogP contribution is 2.30. The molecule has 2 rings (SSSR count). The van der Waals surface area contributed by atoms with Gasteiger partial charge < -0.3 is 60.4 Å². The third-order valence-electron chi connectivity index (χ3n) is 5.06. The van der Waals surface area contributed by atoms with E-state index in [1.807, 2.05) is 0 Å². The van der Waals surface area contributed by atoms with Crippen LogP contribution >= 0.6 is 0 Å². The first kappa shape index (κ1) is 24.3. The van der Waals surface area contributed by atoms with Crippen LogP contribution in [0.2, 0.25) is 0 Å². The zero-order chi connectivity index (χ0) is 22.0. The van der Waals surface area contributed by atoms with Crippen LogP contribution in [0.15, 0.2) is 0 Å². The molecule has 0 spiro atoms. The van der Waals surface area contributed by atoms with Crippen LogP contribution in [-0.2, 0) is 23.7 Å². The fourth-order valence-electron chi connectivity index (χ4n) is 3.10. The Kier molecular flexibility index (Phi) is 8.29. The second-order valence-corrected chi connectivity index (χ2v) is 7.19. The fraction of sp³-hybridized carbons (Fsp3) is 0.938. The largest absolute Gasteiger partial charge is 0.480 e. The Balaban J connectivity index is 2.12. The first-order valence-electron chi connectivity index (χ1n) is 9.11. The van der Waals surface area contributed by atoms with Gasteiger partial charge in [0.15, 0.2) is 12.6 Å². The molecule has 2 fully saturated rings. The van der Waals surface area contributed by atoms with Crippen LogP contribution in [0.5, 0.6) is 0 Å². The molecule has 29 heavy (non-hydrogen) atoms. The predicted octanol–water partition coefficient (Wildman–Crippen LogP) is -4.54. The van der Waals surface area contributed by atoms with E-state index in [2.05, 4.69) is 0 Å². The zero-order valence-corrected chi connectivity index (χ0v) is 15.9. The van der Waals surface area contributed by atoms with Crippen LogP contribution in [0.4, 0.5) is 0 Å². The maximum Gasteiger partial charge on any atom is 0.323 e. The number of ether oxygens (including phenoxy) is 4. The van der Waals surface area contributed by atoms with Crippen molar-refractivity contribution in [2.24, 2.45) is 5.73 Å². The number of rotatable bonds is 7. The fourth-order valence-corrected chi connectivity index (χ4v) is 3.10. The zero-order valence-electron chi connectivity index (χ0n) is 15.9. The number of carbonyl (C=O) groups is 1. The van der Waals surface area contributed by atoms with Crippen molar-refractivity contribution >= 4 is 5.97 Å². The number of hydrogen-bond donors (Lipinski definition) is 8. The number of carboxylic acid groups (broad SMARTS) is 1. The number of aliphatic hydroxyl groups excluding tert-OH is 6. The monoisotopic (exact) mass is 427 g/mol. The van der Waals surface area contributed by atoms with Crippen molar-refractivity contribution in [3.05, 3.63) is 0 Å². The summed E-state index contributed by atoms with van der Waals surface area (Å²) < 4.78 is 21.4. The van der Waals surface area contributed by atoms with Crippen LogP contribution in [0, 0.1) is 0 Å². The van der Waals surface area contributed by atoms with E-state index in [0.29, 0.717) is 0 Å². The minimum Gasteiger partial charge on any atom is -0.480 e. The smallest absolute Gasteiger partial charge is 0.323 e. The number of aliphatic carboxylic acids is 1. The van der Waals surface area contributed by atoms with E-state index in [4.69, 9.17) is 29.8 Å². The molecule has 2 heterocycles. The van der Waals surface area contributed by atoms with Gasteiger partial charge in [-0.1, -0.05) is 0 Å². The molecule has 0 radical (unpaired) electrons. The lowest BCUT2D eigenvalue weighted by Gasteiger charge is -2.46. The van der Waals surface area contributed by atoms with E-state index in [9.17, 15) is 35.4 Å². The third kappa shape index (κ3) is 5.21. The minimum atomic E-state index is -1.75. The van der Waals surface area contributed by atoms with Crippen molar-refractivity contribution in [3.63, 3.8) is 0 Å². The number of nitrogens with two attached hydrogens (primary N) is 1.